The Hall–Kier alpha value is -2.75. The van der Waals surface area contributed by atoms with Gasteiger partial charge >= 0.3 is 0 Å². The van der Waals surface area contributed by atoms with Gasteiger partial charge in [0, 0.05) is 11.3 Å². The number of methoxy groups -OCH3 is 2. The molecule has 0 saturated heterocycles. The average Bonchev–Trinajstić information content (AvgIpc) is 2.68. The van der Waals surface area contributed by atoms with Crippen molar-refractivity contribution < 1.29 is 19.2 Å². The van der Waals surface area contributed by atoms with Crippen molar-refractivity contribution in [3.63, 3.8) is 0 Å². The van der Waals surface area contributed by atoms with Crippen molar-refractivity contribution in [2.24, 2.45) is 0 Å². The standard InChI is InChI=1S/C21H24ClN3O3/c1-13-8-19(27-4)20(28-5)9-16(13)12-25(3)14(2)21(26)24-17-7-6-15(11-23)18(22)10-17/h6-10,14H,12H2,1-5H3,(H,24,26)/p+1/t14-/m1/s1. The molecule has 2 aromatic carbocycles. The average molecular weight is 403 g/mol. The molecule has 2 atom stereocenters. The monoisotopic (exact) mass is 402 g/mol. The fraction of sp³-hybridized carbons (Fsp3) is 0.333. The molecular weight excluding hydrogens is 378 g/mol. The minimum absolute atomic E-state index is 0.128. The van der Waals surface area contributed by atoms with Crippen molar-refractivity contribution in [1.82, 2.24) is 0 Å². The Morgan fingerprint density at radius 2 is 1.89 bits per heavy atom. The van der Waals surface area contributed by atoms with Gasteiger partial charge in [-0.15, -0.1) is 0 Å². The maximum atomic E-state index is 12.6. The van der Waals surface area contributed by atoms with Crippen molar-refractivity contribution >= 4 is 23.2 Å². The highest BCUT2D eigenvalue weighted by Crippen LogP contribution is 2.30. The zero-order valence-electron chi connectivity index (χ0n) is 16.7. The van der Waals surface area contributed by atoms with Crippen LogP contribution < -0.4 is 19.7 Å². The second-order valence-electron chi connectivity index (χ2n) is 6.67. The number of nitriles is 1. The highest BCUT2D eigenvalue weighted by atomic mass is 35.5. The van der Waals surface area contributed by atoms with Crippen LogP contribution >= 0.6 is 11.6 Å². The Bertz CT molecular complexity index is 908. The first-order valence-electron chi connectivity index (χ1n) is 8.85. The van der Waals surface area contributed by atoms with Crippen LogP contribution in [0.1, 0.15) is 23.6 Å². The molecule has 0 aliphatic carbocycles. The van der Waals surface area contributed by atoms with Gasteiger partial charge in [-0.05, 0) is 49.7 Å². The fourth-order valence-electron chi connectivity index (χ4n) is 2.82. The summed E-state index contributed by atoms with van der Waals surface area (Å²) in [6.45, 7) is 4.52. The van der Waals surface area contributed by atoms with Crippen LogP contribution in [0, 0.1) is 18.3 Å². The molecule has 0 saturated carbocycles. The first-order chi connectivity index (χ1) is 13.3. The largest absolute Gasteiger partial charge is 0.493 e. The quantitative estimate of drug-likeness (QED) is 0.746. The summed E-state index contributed by atoms with van der Waals surface area (Å²) in [5.74, 6) is 1.22. The SMILES string of the molecule is COc1cc(C)c(C[NH+](C)[C@H](C)C(=O)Nc2ccc(C#N)c(Cl)c2)cc1OC. The number of quaternary nitrogens is 1. The molecule has 148 valence electrons. The Balaban J connectivity index is 2.10. The molecule has 0 fully saturated rings. The van der Waals surface area contributed by atoms with Crippen molar-refractivity contribution in [3.8, 4) is 17.6 Å². The van der Waals surface area contributed by atoms with E-state index in [1.165, 1.54) is 0 Å². The Labute approximate surface area is 170 Å². The number of carbonyl (C=O) groups is 1. The predicted molar refractivity (Wildman–Crippen MR) is 109 cm³/mol. The summed E-state index contributed by atoms with van der Waals surface area (Å²) in [6, 6.07) is 10.4. The third kappa shape index (κ3) is 4.94. The molecule has 2 N–H and O–H groups in total. The predicted octanol–water partition coefficient (Wildman–Crippen LogP) is 2.58. The number of hydrogen-bond acceptors (Lipinski definition) is 4. The number of amides is 1. The van der Waals surface area contributed by atoms with E-state index in [9.17, 15) is 4.79 Å². The van der Waals surface area contributed by atoms with E-state index in [0.717, 1.165) is 16.0 Å². The van der Waals surface area contributed by atoms with Gasteiger partial charge in [-0.2, -0.15) is 5.26 Å². The molecule has 2 rings (SSSR count). The van der Waals surface area contributed by atoms with Gasteiger partial charge in [0.05, 0.1) is 31.9 Å². The smallest absolute Gasteiger partial charge is 0.282 e. The maximum absolute atomic E-state index is 12.6. The van der Waals surface area contributed by atoms with Crippen molar-refractivity contribution in [1.29, 1.82) is 5.26 Å². The van der Waals surface area contributed by atoms with Crippen LogP contribution in [0.5, 0.6) is 11.5 Å². The summed E-state index contributed by atoms with van der Waals surface area (Å²) in [4.78, 5) is 13.7. The van der Waals surface area contributed by atoms with E-state index >= 15 is 0 Å². The van der Waals surface area contributed by atoms with Crippen molar-refractivity contribution in [3.05, 3.63) is 52.0 Å². The fourth-order valence-corrected chi connectivity index (χ4v) is 3.05. The number of aryl methyl sites for hydroxylation is 1. The lowest BCUT2D eigenvalue weighted by molar-refractivity contribution is -0.907. The van der Waals surface area contributed by atoms with Crippen LogP contribution in [0.4, 0.5) is 5.69 Å². The molecule has 2 aromatic rings. The summed E-state index contributed by atoms with van der Waals surface area (Å²) >= 11 is 6.03. The van der Waals surface area contributed by atoms with Gasteiger partial charge in [0.25, 0.3) is 5.91 Å². The summed E-state index contributed by atoms with van der Waals surface area (Å²) in [5, 5.41) is 12.1. The Kier molecular flexibility index (Phi) is 7.27. The number of anilines is 1. The van der Waals surface area contributed by atoms with E-state index in [-0.39, 0.29) is 11.9 Å². The second-order valence-corrected chi connectivity index (χ2v) is 7.08. The molecule has 0 radical (unpaired) electrons. The number of likely N-dealkylation sites (N-methyl/N-ethyl adjacent to an activating group) is 1. The Morgan fingerprint density at radius 3 is 2.46 bits per heavy atom. The number of nitrogens with zero attached hydrogens (tertiary/aromatic N) is 1. The summed E-state index contributed by atoms with van der Waals surface area (Å²) in [6.07, 6.45) is 0. The second kappa shape index (κ2) is 9.45. The number of ether oxygens (including phenoxy) is 2. The molecule has 7 heteroatoms. The number of hydrogen-bond donors (Lipinski definition) is 2. The molecule has 1 amide bonds. The van der Waals surface area contributed by atoms with Crippen LogP contribution in [0.15, 0.2) is 30.3 Å². The number of rotatable bonds is 7. The number of benzene rings is 2. The summed E-state index contributed by atoms with van der Waals surface area (Å²) < 4.78 is 10.7. The minimum Gasteiger partial charge on any atom is -0.493 e. The molecular formula is C21H25ClN3O3+. The zero-order chi connectivity index (χ0) is 20.8. The molecule has 6 nitrogen and oxygen atoms in total. The third-order valence-electron chi connectivity index (χ3n) is 4.80. The van der Waals surface area contributed by atoms with E-state index in [0.29, 0.717) is 34.3 Å². The molecule has 0 bridgehead atoms. The Morgan fingerprint density at radius 1 is 1.25 bits per heavy atom. The van der Waals surface area contributed by atoms with Gasteiger partial charge in [-0.25, -0.2) is 0 Å². The first kappa shape index (κ1) is 21.5. The maximum Gasteiger partial charge on any atom is 0.282 e. The van der Waals surface area contributed by atoms with Crippen LogP contribution in [-0.2, 0) is 11.3 Å². The van der Waals surface area contributed by atoms with Gasteiger partial charge in [0.1, 0.15) is 12.6 Å². The molecule has 1 unspecified atom stereocenters. The lowest BCUT2D eigenvalue weighted by atomic mass is 10.1. The summed E-state index contributed by atoms with van der Waals surface area (Å²) in [5.41, 5.74) is 3.09. The normalized spacial score (nSPS) is 12.6. The van der Waals surface area contributed by atoms with Gasteiger partial charge in [-0.3, -0.25) is 4.79 Å². The van der Waals surface area contributed by atoms with Crippen molar-refractivity contribution in [2.45, 2.75) is 26.4 Å². The lowest BCUT2D eigenvalue weighted by Gasteiger charge is -2.22. The highest BCUT2D eigenvalue weighted by molar-refractivity contribution is 6.32. The molecule has 0 spiro atoms. The van der Waals surface area contributed by atoms with Crippen molar-refractivity contribution in [2.75, 3.05) is 26.6 Å². The number of carbonyl (C=O) groups excluding carboxylic acids is 1. The number of halogens is 1. The van der Waals surface area contributed by atoms with Gasteiger partial charge < -0.3 is 19.7 Å². The molecule has 0 aliphatic heterocycles. The molecule has 0 aromatic heterocycles. The zero-order valence-corrected chi connectivity index (χ0v) is 17.5. The van der Waals surface area contributed by atoms with E-state index in [1.54, 1.807) is 32.4 Å². The highest BCUT2D eigenvalue weighted by Gasteiger charge is 2.23. The topological polar surface area (TPSA) is 75.8 Å². The van der Waals surface area contributed by atoms with Gasteiger partial charge in [-0.1, -0.05) is 11.6 Å². The van der Waals surface area contributed by atoms with Crippen LogP contribution in [0.25, 0.3) is 0 Å². The molecule has 0 aliphatic rings. The van der Waals surface area contributed by atoms with E-state index in [1.807, 2.05) is 39.1 Å². The summed E-state index contributed by atoms with van der Waals surface area (Å²) in [7, 11) is 5.18. The number of nitrogens with one attached hydrogen (secondary N) is 2. The van der Waals surface area contributed by atoms with Crippen LogP contribution in [0.2, 0.25) is 5.02 Å². The minimum atomic E-state index is -0.304. The van der Waals surface area contributed by atoms with E-state index < -0.39 is 0 Å². The van der Waals surface area contributed by atoms with Crippen LogP contribution in [0.3, 0.4) is 0 Å². The molecule has 28 heavy (non-hydrogen) atoms. The third-order valence-corrected chi connectivity index (χ3v) is 5.11. The van der Waals surface area contributed by atoms with E-state index in [2.05, 4.69) is 5.32 Å². The van der Waals surface area contributed by atoms with Crippen LogP contribution in [-0.4, -0.2) is 33.2 Å². The molecule has 0 heterocycles. The first-order valence-corrected chi connectivity index (χ1v) is 9.22. The van der Waals surface area contributed by atoms with Gasteiger partial charge in [0.15, 0.2) is 17.5 Å². The van der Waals surface area contributed by atoms with E-state index in [4.69, 9.17) is 26.3 Å². The van der Waals surface area contributed by atoms with Gasteiger partial charge in [0.2, 0.25) is 0 Å². The lowest BCUT2D eigenvalue weighted by Crippen LogP contribution is -3.12.